The van der Waals surface area contributed by atoms with Crippen LogP contribution >= 0.6 is 27.3 Å². The van der Waals surface area contributed by atoms with Gasteiger partial charge in [-0.25, -0.2) is 4.98 Å². The summed E-state index contributed by atoms with van der Waals surface area (Å²) < 4.78 is 3.22. The normalized spacial score (nSPS) is 11.5. The van der Waals surface area contributed by atoms with Crippen molar-refractivity contribution in [2.24, 2.45) is 17.3 Å². The van der Waals surface area contributed by atoms with Crippen molar-refractivity contribution in [3.05, 3.63) is 88.7 Å². The molecule has 4 nitrogen and oxygen atoms in total. The van der Waals surface area contributed by atoms with Crippen molar-refractivity contribution in [2.75, 3.05) is 0 Å². The lowest BCUT2D eigenvalue weighted by molar-refractivity contribution is 0.976. The second-order valence-corrected chi connectivity index (χ2v) is 8.61. The monoisotopic (exact) mass is 472 g/mol. The van der Waals surface area contributed by atoms with E-state index in [4.69, 9.17) is 0 Å². The summed E-state index contributed by atoms with van der Waals surface area (Å²) in [7, 11) is 2.07. The summed E-state index contributed by atoms with van der Waals surface area (Å²) in [4.78, 5) is 4.65. The molecule has 5 rings (SSSR count). The highest BCUT2D eigenvalue weighted by molar-refractivity contribution is 9.10. The molecule has 0 N–H and O–H groups in total. The molecule has 0 fully saturated rings. The molecule has 3 aromatic carbocycles. The molecule has 5 aromatic rings. The van der Waals surface area contributed by atoms with E-state index < -0.39 is 0 Å². The van der Waals surface area contributed by atoms with E-state index in [1.165, 1.54) is 11.3 Å². The maximum Gasteiger partial charge on any atom is 0.230 e. The van der Waals surface area contributed by atoms with Crippen LogP contribution in [0.5, 0.6) is 0 Å². The van der Waals surface area contributed by atoms with Crippen LogP contribution in [0.25, 0.3) is 33.4 Å². The van der Waals surface area contributed by atoms with Crippen LogP contribution in [0.4, 0.5) is 10.8 Å². The second-order valence-electron chi connectivity index (χ2n) is 6.86. The van der Waals surface area contributed by atoms with Crippen LogP contribution in [0.3, 0.4) is 0 Å². The molecule has 0 unspecified atom stereocenters. The number of azo groups is 1. The van der Waals surface area contributed by atoms with Crippen molar-refractivity contribution < 1.29 is 0 Å². The van der Waals surface area contributed by atoms with Crippen molar-refractivity contribution >= 4 is 49.0 Å². The lowest BCUT2D eigenvalue weighted by Crippen LogP contribution is -1.90. The zero-order valence-corrected chi connectivity index (χ0v) is 18.6. The summed E-state index contributed by atoms with van der Waals surface area (Å²) in [6.07, 6.45) is 0. The van der Waals surface area contributed by atoms with Gasteiger partial charge in [0.15, 0.2) is 0 Å². The smallest absolute Gasteiger partial charge is 0.230 e. The molecule has 2 aromatic heterocycles. The predicted molar refractivity (Wildman–Crippen MR) is 128 cm³/mol. The number of hydrogen-bond acceptors (Lipinski definition) is 4. The maximum absolute atomic E-state index is 4.67. The summed E-state index contributed by atoms with van der Waals surface area (Å²) in [6.45, 7) is 0. The first kappa shape index (κ1) is 18.9. The molecule has 0 amide bonds. The van der Waals surface area contributed by atoms with Gasteiger partial charge in [0.25, 0.3) is 0 Å². The molecule has 2 heterocycles. The Hall–Kier alpha value is -3.09. The molecule has 0 aliphatic heterocycles. The summed E-state index contributed by atoms with van der Waals surface area (Å²) in [6, 6.07) is 26.7. The van der Waals surface area contributed by atoms with Crippen molar-refractivity contribution in [1.82, 2.24) is 9.55 Å². The summed E-state index contributed by atoms with van der Waals surface area (Å²) >= 11 is 4.96. The Bertz CT molecular complexity index is 1350. The summed E-state index contributed by atoms with van der Waals surface area (Å²) in [5.74, 6) is 0. The number of aromatic nitrogens is 2. The quantitative estimate of drug-likeness (QED) is 0.243. The first-order valence-electron chi connectivity index (χ1n) is 9.47. The molecule has 0 aliphatic carbocycles. The van der Waals surface area contributed by atoms with Crippen LogP contribution in [0, 0.1) is 0 Å². The van der Waals surface area contributed by atoms with Gasteiger partial charge in [-0.15, -0.1) is 21.6 Å². The maximum atomic E-state index is 4.67. The Labute approximate surface area is 186 Å². The van der Waals surface area contributed by atoms with E-state index in [1.807, 2.05) is 60.0 Å². The lowest BCUT2D eigenvalue weighted by atomic mass is 10.1. The van der Waals surface area contributed by atoms with Gasteiger partial charge in [0.2, 0.25) is 5.13 Å². The van der Waals surface area contributed by atoms with Crippen LogP contribution in [-0.2, 0) is 7.05 Å². The number of hydrogen-bond donors (Lipinski definition) is 0. The van der Waals surface area contributed by atoms with Gasteiger partial charge in [-0.2, -0.15) is 0 Å². The second kappa shape index (κ2) is 7.97. The SMILES string of the molecule is Cn1c(-c2ccccc2)c(N=Nc2nc(-c3ccc(Br)cc3)cs2)c2ccccc21. The van der Waals surface area contributed by atoms with Crippen LogP contribution in [0.1, 0.15) is 0 Å². The number of thiazole rings is 1. The third-order valence-electron chi connectivity index (χ3n) is 5.00. The molecular formula is C24H17BrN4S. The minimum atomic E-state index is 0.639. The minimum absolute atomic E-state index is 0.639. The van der Waals surface area contributed by atoms with Crippen LogP contribution in [0.2, 0.25) is 0 Å². The highest BCUT2D eigenvalue weighted by atomic mass is 79.9. The van der Waals surface area contributed by atoms with E-state index in [1.54, 1.807) is 0 Å². The van der Waals surface area contributed by atoms with E-state index in [0.29, 0.717) is 5.13 Å². The zero-order valence-electron chi connectivity index (χ0n) is 16.2. The third kappa shape index (κ3) is 3.49. The van der Waals surface area contributed by atoms with Gasteiger partial charge in [-0.3, -0.25) is 0 Å². The average molecular weight is 473 g/mol. The predicted octanol–water partition coefficient (Wildman–Crippen LogP) is 8.15. The summed E-state index contributed by atoms with van der Waals surface area (Å²) in [5, 5.41) is 12.9. The van der Waals surface area contributed by atoms with Gasteiger partial charge in [0.05, 0.1) is 16.9 Å². The number of rotatable bonds is 4. The fraction of sp³-hybridized carbons (Fsp3) is 0.0417. The van der Waals surface area contributed by atoms with Crippen LogP contribution in [-0.4, -0.2) is 9.55 Å². The van der Waals surface area contributed by atoms with Gasteiger partial charge in [0, 0.05) is 33.4 Å². The van der Waals surface area contributed by atoms with E-state index in [9.17, 15) is 0 Å². The molecule has 0 spiro atoms. The lowest BCUT2D eigenvalue weighted by Gasteiger charge is -2.05. The third-order valence-corrected chi connectivity index (χ3v) is 6.25. The fourth-order valence-electron chi connectivity index (χ4n) is 3.56. The topological polar surface area (TPSA) is 42.5 Å². The van der Waals surface area contributed by atoms with Gasteiger partial charge in [0.1, 0.15) is 5.69 Å². The molecule has 0 aliphatic rings. The number of benzene rings is 3. The number of aryl methyl sites for hydroxylation is 1. The average Bonchev–Trinajstić information content (AvgIpc) is 3.36. The Balaban J connectivity index is 1.57. The van der Waals surface area contributed by atoms with Crippen LogP contribution < -0.4 is 0 Å². The Morgan fingerprint density at radius 2 is 1.57 bits per heavy atom. The van der Waals surface area contributed by atoms with E-state index in [2.05, 4.69) is 67.0 Å². The van der Waals surface area contributed by atoms with Crippen molar-refractivity contribution in [3.63, 3.8) is 0 Å². The summed E-state index contributed by atoms with van der Waals surface area (Å²) in [5.41, 5.74) is 6.11. The first-order valence-corrected chi connectivity index (χ1v) is 11.1. The molecule has 0 bridgehead atoms. The zero-order chi connectivity index (χ0) is 20.5. The number of halogens is 1. The van der Waals surface area contributed by atoms with Gasteiger partial charge < -0.3 is 4.57 Å². The van der Waals surface area contributed by atoms with Gasteiger partial charge in [-0.1, -0.05) is 76.6 Å². The van der Waals surface area contributed by atoms with E-state index in [-0.39, 0.29) is 0 Å². The van der Waals surface area contributed by atoms with Gasteiger partial charge >= 0.3 is 0 Å². The largest absolute Gasteiger partial charge is 0.342 e. The molecule has 146 valence electrons. The number of nitrogens with zero attached hydrogens (tertiary/aromatic N) is 4. The molecular weight excluding hydrogens is 456 g/mol. The van der Waals surface area contributed by atoms with Crippen molar-refractivity contribution in [3.8, 4) is 22.5 Å². The van der Waals surface area contributed by atoms with Crippen molar-refractivity contribution in [1.29, 1.82) is 0 Å². The molecule has 30 heavy (non-hydrogen) atoms. The standard InChI is InChI=1S/C24H17BrN4S/c1-29-21-10-6-5-9-19(21)22(23(29)17-7-3-2-4-8-17)27-28-24-26-20(15-30-24)16-11-13-18(25)14-12-16/h2-15H,1H3. The van der Waals surface area contributed by atoms with E-state index >= 15 is 0 Å². The fourth-order valence-corrected chi connectivity index (χ4v) is 4.47. The Morgan fingerprint density at radius 1 is 0.833 bits per heavy atom. The molecule has 0 radical (unpaired) electrons. The van der Waals surface area contributed by atoms with Crippen LogP contribution in [0.15, 0.2) is 98.9 Å². The molecule has 0 saturated heterocycles. The highest BCUT2D eigenvalue weighted by Gasteiger charge is 2.16. The highest BCUT2D eigenvalue weighted by Crippen LogP contribution is 2.40. The number of fused-ring (bicyclic) bond motifs is 1. The van der Waals surface area contributed by atoms with Gasteiger partial charge in [-0.05, 0) is 18.2 Å². The van der Waals surface area contributed by atoms with E-state index in [0.717, 1.165) is 43.6 Å². The Morgan fingerprint density at radius 3 is 2.37 bits per heavy atom. The molecule has 6 heteroatoms. The Kier molecular flexibility index (Phi) is 5.02. The minimum Gasteiger partial charge on any atom is -0.342 e. The molecule has 0 saturated carbocycles. The molecule has 0 atom stereocenters. The first-order chi connectivity index (χ1) is 14.7. The van der Waals surface area contributed by atoms with Crippen molar-refractivity contribution in [2.45, 2.75) is 0 Å². The number of para-hydroxylation sites is 1.